The number of pyridine rings is 1. The Hall–Kier alpha value is -0.650. The summed E-state index contributed by atoms with van der Waals surface area (Å²) in [4.78, 5) is 0. The fraction of sp³-hybridized carbons (Fsp3) is 0.400. The van der Waals surface area contributed by atoms with Gasteiger partial charge in [-0.2, -0.15) is 0 Å². The molecular formula is C10H15IN2O. The minimum atomic E-state index is 0. The molecule has 78 valence electrons. The molecule has 0 aliphatic heterocycles. The maximum absolute atomic E-state index is 8.42. The van der Waals surface area contributed by atoms with Crippen LogP contribution in [0, 0.1) is 0 Å². The molecule has 0 atom stereocenters. The number of aromatic nitrogens is 1. The smallest absolute Gasteiger partial charge is 0.227 e. The van der Waals surface area contributed by atoms with Gasteiger partial charge in [0.1, 0.15) is 13.3 Å². The molecule has 0 aliphatic carbocycles. The van der Waals surface area contributed by atoms with E-state index in [0.29, 0.717) is 0 Å². The Morgan fingerprint density at radius 2 is 2.29 bits per heavy atom. The second kappa shape index (κ2) is 6.75. The third kappa shape index (κ3) is 3.61. The highest BCUT2D eigenvalue weighted by Crippen LogP contribution is 2.01. The molecule has 1 N–H and O–H groups in total. The highest BCUT2D eigenvalue weighted by Gasteiger charge is 2.04. The summed E-state index contributed by atoms with van der Waals surface area (Å²) in [6.45, 7) is 2.15. The second-order valence-electron chi connectivity index (χ2n) is 3.07. The molecule has 4 heteroatoms. The van der Waals surface area contributed by atoms with Crippen LogP contribution in [0.5, 0.6) is 0 Å². The number of hydrogen-bond acceptors (Lipinski definition) is 2. The molecule has 1 heterocycles. The van der Waals surface area contributed by atoms with Gasteiger partial charge in [0.05, 0.1) is 0 Å². The van der Waals surface area contributed by atoms with E-state index < -0.39 is 0 Å². The van der Waals surface area contributed by atoms with Gasteiger partial charge >= 0.3 is 0 Å². The van der Waals surface area contributed by atoms with Gasteiger partial charge in [-0.15, -0.1) is 0 Å². The first kappa shape index (κ1) is 13.4. The molecule has 0 saturated carbocycles. The molecule has 0 amide bonds. The highest BCUT2D eigenvalue weighted by atomic mass is 127. The van der Waals surface area contributed by atoms with E-state index in [1.54, 1.807) is 0 Å². The van der Waals surface area contributed by atoms with Crippen LogP contribution in [0.3, 0.4) is 0 Å². The molecule has 1 aromatic heterocycles. The second-order valence-corrected chi connectivity index (χ2v) is 3.07. The molecule has 0 bridgehead atoms. The third-order valence-corrected chi connectivity index (χ3v) is 1.98. The van der Waals surface area contributed by atoms with Crippen LogP contribution in [0.2, 0.25) is 0 Å². The number of oxime groups is 1. The van der Waals surface area contributed by atoms with Gasteiger partial charge in [0.15, 0.2) is 6.20 Å². The van der Waals surface area contributed by atoms with Crippen molar-refractivity contribution in [2.75, 3.05) is 0 Å². The van der Waals surface area contributed by atoms with Gasteiger partial charge in [-0.25, -0.2) is 4.57 Å². The summed E-state index contributed by atoms with van der Waals surface area (Å²) in [5.41, 5.74) is 2.18. The van der Waals surface area contributed by atoms with Crippen LogP contribution in [0.1, 0.15) is 24.6 Å². The molecule has 0 saturated heterocycles. The van der Waals surface area contributed by atoms with Crippen LogP contribution < -0.4 is 28.5 Å². The molecule has 1 rings (SSSR count). The minimum Gasteiger partial charge on any atom is -1.00 e. The van der Waals surface area contributed by atoms with Crippen LogP contribution in [0.25, 0.3) is 0 Å². The van der Waals surface area contributed by atoms with Crippen LogP contribution in [0.15, 0.2) is 23.5 Å². The number of rotatable bonds is 3. The molecule has 0 aliphatic rings. The molecule has 0 unspecified atom stereocenters. The molecule has 0 spiro atoms. The monoisotopic (exact) mass is 306 g/mol. The summed E-state index contributed by atoms with van der Waals surface area (Å²) >= 11 is 0. The van der Waals surface area contributed by atoms with Crippen molar-refractivity contribution < 1.29 is 33.8 Å². The van der Waals surface area contributed by atoms with E-state index in [1.165, 1.54) is 11.8 Å². The number of halogens is 1. The van der Waals surface area contributed by atoms with Crippen LogP contribution in [0.4, 0.5) is 0 Å². The highest BCUT2D eigenvalue weighted by molar-refractivity contribution is 5.74. The topological polar surface area (TPSA) is 36.5 Å². The zero-order valence-electron chi connectivity index (χ0n) is 8.44. The lowest BCUT2D eigenvalue weighted by atomic mass is 10.1. The molecule has 0 radical (unpaired) electrons. The van der Waals surface area contributed by atoms with Crippen molar-refractivity contribution in [1.29, 1.82) is 0 Å². The summed E-state index contributed by atoms with van der Waals surface area (Å²) in [7, 11) is 1.92. The number of nitrogens with zero attached hydrogens (tertiary/aromatic N) is 2. The molecule has 3 nitrogen and oxygen atoms in total. The average molecular weight is 306 g/mol. The van der Waals surface area contributed by atoms with Gasteiger partial charge in [0, 0.05) is 12.1 Å². The molecule has 1 aromatic rings. The van der Waals surface area contributed by atoms with Crippen LogP contribution in [-0.4, -0.2) is 11.4 Å². The van der Waals surface area contributed by atoms with Crippen molar-refractivity contribution >= 4 is 6.21 Å². The van der Waals surface area contributed by atoms with E-state index in [2.05, 4.69) is 18.1 Å². The lowest BCUT2D eigenvalue weighted by molar-refractivity contribution is -0.672. The Labute approximate surface area is 101 Å². The van der Waals surface area contributed by atoms with Gasteiger partial charge in [0.2, 0.25) is 5.69 Å². The van der Waals surface area contributed by atoms with Gasteiger partial charge in [-0.3, -0.25) is 0 Å². The summed E-state index contributed by atoms with van der Waals surface area (Å²) in [5.74, 6) is 0. The van der Waals surface area contributed by atoms with Gasteiger partial charge < -0.3 is 29.2 Å². The lowest BCUT2D eigenvalue weighted by Gasteiger charge is -1.98. The summed E-state index contributed by atoms with van der Waals surface area (Å²) in [6, 6.07) is 4.11. The van der Waals surface area contributed by atoms with Gasteiger partial charge in [-0.1, -0.05) is 18.5 Å². The van der Waals surface area contributed by atoms with E-state index in [1.807, 2.05) is 23.9 Å². The van der Waals surface area contributed by atoms with E-state index in [4.69, 9.17) is 5.21 Å². The van der Waals surface area contributed by atoms with E-state index in [0.717, 1.165) is 18.5 Å². The predicted molar refractivity (Wildman–Crippen MR) is 51.0 cm³/mol. The first-order chi connectivity index (χ1) is 6.27. The van der Waals surface area contributed by atoms with Gasteiger partial charge in [0.25, 0.3) is 0 Å². The maximum atomic E-state index is 8.42. The Morgan fingerprint density at radius 1 is 1.57 bits per heavy atom. The van der Waals surface area contributed by atoms with Gasteiger partial charge in [-0.05, 0) is 12.0 Å². The Balaban J connectivity index is 0.00000169. The fourth-order valence-corrected chi connectivity index (χ4v) is 1.27. The van der Waals surface area contributed by atoms with Crippen molar-refractivity contribution in [3.8, 4) is 0 Å². The molecular weight excluding hydrogens is 291 g/mol. The average Bonchev–Trinajstić information content (AvgIpc) is 2.12. The molecule has 0 fully saturated rings. The lowest BCUT2D eigenvalue weighted by Crippen LogP contribution is -3.00. The third-order valence-electron chi connectivity index (χ3n) is 1.98. The first-order valence-electron chi connectivity index (χ1n) is 4.44. The van der Waals surface area contributed by atoms with Crippen molar-refractivity contribution in [3.63, 3.8) is 0 Å². The zero-order valence-corrected chi connectivity index (χ0v) is 10.6. The molecule has 14 heavy (non-hydrogen) atoms. The summed E-state index contributed by atoms with van der Waals surface area (Å²) < 4.78 is 1.92. The zero-order chi connectivity index (χ0) is 9.68. The SMILES string of the molecule is CCCc1cc[n+](C)c(/C=N/O)c1.[I-]. The predicted octanol–water partition coefficient (Wildman–Crippen LogP) is -1.72. The minimum absolute atomic E-state index is 0. The van der Waals surface area contributed by atoms with Crippen molar-refractivity contribution in [2.24, 2.45) is 12.2 Å². The van der Waals surface area contributed by atoms with Crippen LogP contribution >= 0.6 is 0 Å². The van der Waals surface area contributed by atoms with E-state index in [9.17, 15) is 0 Å². The van der Waals surface area contributed by atoms with Crippen LogP contribution in [-0.2, 0) is 13.5 Å². The van der Waals surface area contributed by atoms with Crippen molar-refractivity contribution in [3.05, 3.63) is 29.6 Å². The Kier molecular flexibility index (Phi) is 6.44. The summed E-state index contributed by atoms with van der Waals surface area (Å²) in [5, 5.41) is 11.4. The number of aryl methyl sites for hydroxylation is 2. The largest absolute Gasteiger partial charge is 1.00 e. The summed E-state index contributed by atoms with van der Waals surface area (Å²) in [6.07, 6.45) is 5.61. The van der Waals surface area contributed by atoms with E-state index in [-0.39, 0.29) is 24.0 Å². The molecule has 0 aromatic carbocycles. The maximum Gasteiger partial charge on any atom is 0.227 e. The first-order valence-corrected chi connectivity index (χ1v) is 4.44. The standard InChI is InChI=1S/C10H14N2O.HI/c1-3-4-9-5-6-12(2)10(7-9)8-11-13;/h5-8H,3-4H2,1-2H3;1H. The Bertz CT molecular complexity index is 313. The fourth-order valence-electron chi connectivity index (χ4n) is 1.27. The van der Waals surface area contributed by atoms with E-state index >= 15 is 0 Å². The van der Waals surface area contributed by atoms with Crippen molar-refractivity contribution in [1.82, 2.24) is 0 Å². The normalized spacial score (nSPS) is 10.1. The number of hydrogen-bond donors (Lipinski definition) is 1. The quantitative estimate of drug-likeness (QED) is 0.233. The Morgan fingerprint density at radius 3 is 2.86 bits per heavy atom. The van der Waals surface area contributed by atoms with Crippen molar-refractivity contribution in [2.45, 2.75) is 19.8 Å².